The van der Waals surface area contributed by atoms with Crippen LogP contribution in [-0.2, 0) is 13.5 Å². The van der Waals surface area contributed by atoms with Crippen LogP contribution in [0.2, 0.25) is 0 Å². The van der Waals surface area contributed by atoms with Crippen molar-refractivity contribution in [1.29, 1.82) is 0 Å². The zero-order valence-electron chi connectivity index (χ0n) is 7.70. The normalized spacial score (nSPS) is 13.2. The molecule has 0 aromatic carbocycles. The third-order valence-corrected chi connectivity index (χ3v) is 2.19. The van der Waals surface area contributed by atoms with Crippen LogP contribution in [0.15, 0.2) is 6.33 Å². The highest BCUT2D eigenvalue weighted by Crippen LogP contribution is 2.07. The molecule has 0 spiro atoms. The Morgan fingerprint density at radius 3 is 2.83 bits per heavy atom. The van der Waals surface area contributed by atoms with Crippen LogP contribution in [0.1, 0.15) is 19.2 Å². The van der Waals surface area contributed by atoms with E-state index >= 15 is 0 Å². The quantitative estimate of drug-likeness (QED) is 0.705. The third-order valence-electron chi connectivity index (χ3n) is 2.19. The Kier molecular flexibility index (Phi) is 3.22. The summed E-state index contributed by atoms with van der Waals surface area (Å²) < 4.78 is 1.94. The number of hydrogen-bond donors (Lipinski definition) is 1. The molecule has 4 heteroatoms. The van der Waals surface area contributed by atoms with Gasteiger partial charge < -0.3 is 10.3 Å². The van der Waals surface area contributed by atoms with E-state index in [1.807, 2.05) is 11.6 Å². The van der Waals surface area contributed by atoms with Crippen LogP contribution in [0, 0.1) is 5.92 Å². The second kappa shape index (κ2) is 4.21. The van der Waals surface area contributed by atoms with Crippen molar-refractivity contribution in [2.75, 3.05) is 6.54 Å². The van der Waals surface area contributed by atoms with E-state index in [1.165, 1.54) is 0 Å². The van der Waals surface area contributed by atoms with Crippen molar-refractivity contribution in [1.82, 2.24) is 14.8 Å². The lowest BCUT2D eigenvalue weighted by molar-refractivity contribution is 0.497. The molecule has 0 saturated carbocycles. The lowest BCUT2D eigenvalue weighted by Crippen LogP contribution is -2.17. The predicted molar refractivity (Wildman–Crippen MR) is 47.5 cm³/mol. The van der Waals surface area contributed by atoms with E-state index in [0.717, 1.165) is 25.2 Å². The standard InChI is InChI=1S/C8H16N4/c1-3-7(5-9)4-8-11-10-6-12(8)2/h6-7H,3-5,9H2,1-2H3. The van der Waals surface area contributed by atoms with E-state index in [0.29, 0.717) is 5.92 Å². The molecule has 1 heterocycles. The van der Waals surface area contributed by atoms with Crippen LogP contribution in [0.25, 0.3) is 0 Å². The van der Waals surface area contributed by atoms with Gasteiger partial charge in [-0.15, -0.1) is 10.2 Å². The van der Waals surface area contributed by atoms with Gasteiger partial charge in [0.15, 0.2) is 0 Å². The van der Waals surface area contributed by atoms with E-state index in [1.54, 1.807) is 6.33 Å². The van der Waals surface area contributed by atoms with E-state index in [2.05, 4.69) is 17.1 Å². The molecule has 1 aromatic rings. The van der Waals surface area contributed by atoms with Gasteiger partial charge in [-0.2, -0.15) is 0 Å². The van der Waals surface area contributed by atoms with Gasteiger partial charge in [0.2, 0.25) is 0 Å². The summed E-state index contributed by atoms with van der Waals surface area (Å²) in [5, 5.41) is 7.82. The van der Waals surface area contributed by atoms with Crippen molar-refractivity contribution >= 4 is 0 Å². The fourth-order valence-electron chi connectivity index (χ4n) is 1.14. The summed E-state index contributed by atoms with van der Waals surface area (Å²) >= 11 is 0. The van der Waals surface area contributed by atoms with Gasteiger partial charge in [-0.1, -0.05) is 13.3 Å². The minimum Gasteiger partial charge on any atom is -0.330 e. The highest BCUT2D eigenvalue weighted by molar-refractivity contribution is 4.86. The summed E-state index contributed by atoms with van der Waals surface area (Å²) in [4.78, 5) is 0. The molecular formula is C8H16N4. The van der Waals surface area contributed by atoms with Crippen LogP contribution < -0.4 is 5.73 Å². The zero-order chi connectivity index (χ0) is 8.97. The SMILES string of the molecule is CCC(CN)Cc1nncn1C. The maximum absolute atomic E-state index is 5.59. The number of aryl methyl sites for hydroxylation is 1. The average Bonchev–Trinajstić information content (AvgIpc) is 2.47. The molecule has 1 rings (SSSR count). The van der Waals surface area contributed by atoms with Crippen LogP contribution in [-0.4, -0.2) is 21.3 Å². The maximum Gasteiger partial charge on any atom is 0.132 e. The molecule has 0 radical (unpaired) electrons. The molecule has 0 aliphatic rings. The number of rotatable bonds is 4. The van der Waals surface area contributed by atoms with Gasteiger partial charge in [0.05, 0.1) is 0 Å². The summed E-state index contributed by atoms with van der Waals surface area (Å²) in [7, 11) is 1.96. The molecule has 2 N–H and O–H groups in total. The van der Waals surface area contributed by atoms with E-state index in [-0.39, 0.29) is 0 Å². The van der Waals surface area contributed by atoms with Crippen molar-refractivity contribution in [3.05, 3.63) is 12.2 Å². The number of hydrogen-bond acceptors (Lipinski definition) is 3. The van der Waals surface area contributed by atoms with Gasteiger partial charge in [0.25, 0.3) is 0 Å². The summed E-state index contributed by atoms with van der Waals surface area (Å²) in [6.45, 7) is 2.87. The molecule has 68 valence electrons. The lowest BCUT2D eigenvalue weighted by Gasteiger charge is -2.10. The topological polar surface area (TPSA) is 56.7 Å². The molecule has 0 amide bonds. The fraction of sp³-hybridized carbons (Fsp3) is 0.750. The fourth-order valence-corrected chi connectivity index (χ4v) is 1.14. The molecule has 0 aliphatic heterocycles. The summed E-state index contributed by atoms with van der Waals surface area (Å²) in [5.74, 6) is 1.56. The molecule has 0 saturated heterocycles. The van der Waals surface area contributed by atoms with Crippen LogP contribution in [0.4, 0.5) is 0 Å². The summed E-state index contributed by atoms with van der Waals surface area (Å²) in [5.41, 5.74) is 5.59. The first-order chi connectivity index (χ1) is 5.77. The van der Waals surface area contributed by atoms with Gasteiger partial charge in [0, 0.05) is 13.5 Å². The second-order valence-corrected chi connectivity index (χ2v) is 3.07. The Hall–Kier alpha value is -0.900. The molecule has 1 unspecified atom stereocenters. The van der Waals surface area contributed by atoms with Gasteiger partial charge >= 0.3 is 0 Å². The molecular weight excluding hydrogens is 152 g/mol. The zero-order valence-corrected chi connectivity index (χ0v) is 7.70. The molecule has 1 atom stereocenters. The molecule has 4 nitrogen and oxygen atoms in total. The van der Waals surface area contributed by atoms with Crippen molar-refractivity contribution in [2.45, 2.75) is 19.8 Å². The second-order valence-electron chi connectivity index (χ2n) is 3.07. The van der Waals surface area contributed by atoms with Crippen molar-refractivity contribution in [2.24, 2.45) is 18.7 Å². The van der Waals surface area contributed by atoms with Gasteiger partial charge in [0.1, 0.15) is 12.2 Å². The minimum atomic E-state index is 0.535. The molecule has 0 fully saturated rings. The first-order valence-electron chi connectivity index (χ1n) is 4.30. The number of nitrogens with two attached hydrogens (primary N) is 1. The van der Waals surface area contributed by atoms with E-state index in [4.69, 9.17) is 5.73 Å². The largest absolute Gasteiger partial charge is 0.330 e. The smallest absolute Gasteiger partial charge is 0.132 e. The maximum atomic E-state index is 5.59. The third kappa shape index (κ3) is 2.04. The molecule has 1 aromatic heterocycles. The van der Waals surface area contributed by atoms with Crippen molar-refractivity contribution in [3.63, 3.8) is 0 Å². The summed E-state index contributed by atoms with van der Waals surface area (Å²) in [6, 6.07) is 0. The predicted octanol–water partition coefficient (Wildman–Crippen LogP) is 0.342. The highest BCUT2D eigenvalue weighted by atomic mass is 15.2. The number of aromatic nitrogens is 3. The Bertz CT molecular complexity index is 227. The Morgan fingerprint density at radius 1 is 1.67 bits per heavy atom. The first kappa shape index (κ1) is 9.19. The minimum absolute atomic E-state index is 0.535. The van der Waals surface area contributed by atoms with Crippen molar-refractivity contribution < 1.29 is 0 Å². The molecule has 0 aliphatic carbocycles. The molecule has 0 bridgehead atoms. The van der Waals surface area contributed by atoms with Crippen molar-refractivity contribution in [3.8, 4) is 0 Å². The Morgan fingerprint density at radius 2 is 2.42 bits per heavy atom. The van der Waals surface area contributed by atoms with Crippen LogP contribution in [0.5, 0.6) is 0 Å². The van der Waals surface area contributed by atoms with Gasteiger partial charge in [-0.25, -0.2) is 0 Å². The van der Waals surface area contributed by atoms with Crippen LogP contribution >= 0.6 is 0 Å². The Labute approximate surface area is 72.8 Å². The van der Waals surface area contributed by atoms with Gasteiger partial charge in [-0.05, 0) is 12.5 Å². The van der Waals surface area contributed by atoms with Gasteiger partial charge in [-0.3, -0.25) is 0 Å². The van der Waals surface area contributed by atoms with E-state index in [9.17, 15) is 0 Å². The monoisotopic (exact) mass is 168 g/mol. The lowest BCUT2D eigenvalue weighted by atomic mass is 10.0. The first-order valence-corrected chi connectivity index (χ1v) is 4.30. The number of nitrogens with zero attached hydrogens (tertiary/aromatic N) is 3. The van der Waals surface area contributed by atoms with E-state index < -0.39 is 0 Å². The highest BCUT2D eigenvalue weighted by Gasteiger charge is 2.08. The average molecular weight is 168 g/mol. The van der Waals surface area contributed by atoms with Crippen LogP contribution in [0.3, 0.4) is 0 Å². The molecule has 12 heavy (non-hydrogen) atoms. The Balaban J connectivity index is 2.56. The summed E-state index contributed by atoms with van der Waals surface area (Å²) in [6.07, 6.45) is 3.76.